The van der Waals surface area contributed by atoms with Gasteiger partial charge >= 0.3 is 17.9 Å². The first-order valence-corrected chi connectivity index (χ1v) is 10.3. The van der Waals surface area contributed by atoms with Crippen molar-refractivity contribution in [3.8, 4) is 0 Å². The molecule has 192 valence electrons. The first-order chi connectivity index (χ1) is 15.7. The third-order valence-corrected chi connectivity index (χ3v) is 4.82. The number of nitrogens with one attached hydrogen (secondary N) is 3. The van der Waals surface area contributed by atoms with Crippen LogP contribution >= 0.6 is 0 Å². The Bertz CT molecular complexity index is 802. The molecule has 4 amide bonds. The summed E-state index contributed by atoms with van der Waals surface area (Å²) in [5, 5.41) is 33.4. The second kappa shape index (κ2) is 14.4. The van der Waals surface area contributed by atoms with Gasteiger partial charge in [-0.05, 0) is 12.3 Å². The third kappa shape index (κ3) is 11.2. The minimum atomic E-state index is -1.83. The number of carboxylic acids is 3. The van der Waals surface area contributed by atoms with Crippen molar-refractivity contribution in [3.05, 3.63) is 0 Å². The Kier molecular flexibility index (Phi) is 12.8. The van der Waals surface area contributed by atoms with Gasteiger partial charge in [0.15, 0.2) is 0 Å². The van der Waals surface area contributed by atoms with Crippen molar-refractivity contribution in [2.24, 2.45) is 17.4 Å². The molecule has 0 fully saturated rings. The van der Waals surface area contributed by atoms with E-state index in [0.29, 0.717) is 6.42 Å². The zero-order valence-electron chi connectivity index (χ0n) is 18.8. The fourth-order valence-corrected chi connectivity index (χ4v) is 2.72. The summed E-state index contributed by atoms with van der Waals surface area (Å²) in [5.74, 6) is -8.68. The second-order valence-corrected chi connectivity index (χ2v) is 7.64. The summed E-state index contributed by atoms with van der Waals surface area (Å²) in [6.07, 6.45) is -2.09. The maximum Gasteiger partial charge on any atom is 0.326 e. The average Bonchev–Trinajstić information content (AvgIpc) is 2.72. The Hall–Kier alpha value is -3.75. The summed E-state index contributed by atoms with van der Waals surface area (Å²) >= 11 is 0. The van der Waals surface area contributed by atoms with Crippen LogP contribution < -0.4 is 27.4 Å². The molecule has 0 heterocycles. The summed E-state index contributed by atoms with van der Waals surface area (Å²) in [4.78, 5) is 81.7. The Morgan fingerprint density at radius 3 is 1.79 bits per heavy atom. The summed E-state index contributed by atoms with van der Waals surface area (Å²) in [6, 6.07) is -5.96. The third-order valence-electron chi connectivity index (χ3n) is 4.82. The number of hydrogen-bond donors (Lipinski definition) is 8. The normalized spacial score (nSPS) is 15.0. The molecule has 15 heteroatoms. The molecule has 0 bridgehead atoms. The summed E-state index contributed by atoms with van der Waals surface area (Å²) in [6.45, 7) is 3.31. The molecule has 5 atom stereocenters. The van der Waals surface area contributed by atoms with Crippen LogP contribution in [0.25, 0.3) is 0 Å². The molecule has 34 heavy (non-hydrogen) atoms. The maximum atomic E-state index is 12.9. The van der Waals surface area contributed by atoms with Crippen LogP contribution in [-0.2, 0) is 33.6 Å². The Labute approximate surface area is 194 Å². The predicted molar refractivity (Wildman–Crippen MR) is 114 cm³/mol. The van der Waals surface area contributed by atoms with Crippen molar-refractivity contribution in [1.82, 2.24) is 16.0 Å². The van der Waals surface area contributed by atoms with E-state index in [1.165, 1.54) is 0 Å². The van der Waals surface area contributed by atoms with Gasteiger partial charge in [-0.25, -0.2) is 4.79 Å². The fourth-order valence-electron chi connectivity index (χ4n) is 2.72. The predicted octanol–water partition coefficient (Wildman–Crippen LogP) is -2.89. The van der Waals surface area contributed by atoms with Gasteiger partial charge in [0.1, 0.15) is 18.1 Å². The largest absolute Gasteiger partial charge is 0.481 e. The highest BCUT2D eigenvalue weighted by molar-refractivity contribution is 5.95. The molecular weight excluding hydrogens is 458 g/mol. The monoisotopic (exact) mass is 489 g/mol. The van der Waals surface area contributed by atoms with E-state index in [-0.39, 0.29) is 0 Å². The van der Waals surface area contributed by atoms with E-state index in [4.69, 9.17) is 26.8 Å². The molecule has 0 saturated heterocycles. The van der Waals surface area contributed by atoms with Gasteiger partial charge in [0.2, 0.25) is 23.6 Å². The molecule has 0 aliphatic heterocycles. The molecule has 0 saturated carbocycles. The van der Waals surface area contributed by atoms with Crippen molar-refractivity contribution >= 4 is 41.5 Å². The lowest BCUT2D eigenvalue weighted by molar-refractivity contribution is -0.147. The van der Waals surface area contributed by atoms with Crippen LogP contribution in [-0.4, -0.2) is 81.0 Å². The lowest BCUT2D eigenvalue weighted by Crippen LogP contribution is -2.59. The van der Waals surface area contributed by atoms with E-state index in [1.54, 1.807) is 13.8 Å². The fraction of sp³-hybridized carbons (Fsp3) is 0.632. The summed E-state index contributed by atoms with van der Waals surface area (Å²) < 4.78 is 0. The topological polar surface area (TPSA) is 268 Å². The number of aliphatic carboxylic acids is 3. The van der Waals surface area contributed by atoms with E-state index in [9.17, 15) is 33.6 Å². The van der Waals surface area contributed by atoms with E-state index in [1.807, 2.05) is 5.32 Å². The number of rotatable bonds is 16. The molecular formula is C19H31N5O10. The van der Waals surface area contributed by atoms with Gasteiger partial charge in [-0.2, -0.15) is 0 Å². The molecule has 0 aliphatic carbocycles. The van der Waals surface area contributed by atoms with Gasteiger partial charge in [0.25, 0.3) is 0 Å². The molecule has 0 aromatic rings. The molecule has 0 radical (unpaired) electrons. The molecule has 0 aromatic carbocycles. The van der Waals surface area contributed by atoms with Crippen LogP contribution in [0.4, 0.5) is 0 Å². The van der Waals surface area contributed by atoms with Gasteiger partial charge in [-0.3, -0.25) is 28.8 Å². The van der Waals surface area contributed by atoms with Crippen LogP contribution in [0.15, 0.2) is 0 Å². The number of carboxylic acid groups (broad SMARTS) is 3. The number of primary amides is 1. The number of carbonyl (C=O) groups excluding carboxylic acids is 4. The Balaban J connectivity index is 5.66. The van der Waals surface area contributed by atoms with Gasteiger partial charge in [-0.1, -0.05) is 20.3 Å². The van der Waals surface area contributed by atoms with Crippen molar-refractivity contribution < 1.29 is 48.9 Å². The second-order valence-electron chi connectivity index (χ2n) is 7.64. The van der Waals surface area contributed by atoms with Gasteiger partial charge < -0.3 is 42.7 Å². The highest BCUT2D eigenvalue weighted by atomic mass is 16.4. The first kappa shape index (κ1) is 30.2. The van der Waals surface area contributed by atoms with Crippen molar-refractivity contribution in [3.63, 3.8) is 0 Å². The number of hydrogen-bond acceptors (Lipinski definition) is 8. The minimum Gasteiger partial charge on any atom is -0.481 e. The number of nitrogens with two attached hydrogens (primary N) is 2. The van der Waals surface area contributed by atoms with E-state index < -0.39 is 97.3 Å². The van der Waals surface area contributed by atoms with Crippen molar-refractivity contribution in [2.75, 3.05) is 0 Å². The molecule has 0 rings (SSSR count). The first-order valence-electron chi connectivity index (χ1n) is 10.3. The van der Waals surface area contributed by atoms with Crippen molar-refractivity contribution in [2.45, 2.75) is 70.1 Å². The molecule has 10 N–H and O–H groups in total. The molecule has 15 nitrogen and oxygen atoms in total. The van der Waals surface area contributed by atoms with Gasteiger partial charge in [0, 0.05) is 6.42 Å². The smallest absolute Gasteiger partial charge is 0.326 e. The Morgan fingerprint density at radius 1 is 0.794 bits per heavy atom. The van der Waals surface area contributed by atoms with Crippen molar-refractivity contribution in [1.29, 1.82) is 0 Å². The van der Waals surface area contributed by atoms with Crippen LogP contribution in [0.3, 0.4) is 0 Å². The minimum absolute atomic E-state index is 0.384. The van der Waals surface area contributed by atoms with E-state index in [2.05, 4.69) is 10.6 Å². The van der Waals surface area contributed by atoms with Crippen LogP contribution in [0.2, 0.25) is 0 Å². The highest BCUT2D eigenvalue weighted by Crippen LogP contribution is 2.10. The lowest BCUT2D eigenvalue weighted by atomic mass is 9.97. The maximum absolute atomic E-state index is 12.9. The molecule has 0 spiro atoms. The standard InChI is InChI=1S/C19H31N5O10/c1-3-8(2)15(24-16(30)9(20)6-12(21)25)18(32)22-10(4-5-13(26)27)17(31)23-11(19(33)34)7-14(28)29/h8-11,15H,3-7,20H2,1-2H3,(H2,21,25)(H,22,32)(H,23,31)(H,24,30)(H,26,27)(H,28,29)(H,33,34). The van der Waals surface area contributed by atoms with E-state index >= 15 is 0 Å². The number of carbonyl (C=O) groups is 7. The van der Waals surface area contributed by atoms with Gasteiger partial charge in [0.05, 0.1) is 18.9 Å². The van der Waals surface area contributed by atoms with E-state index in [0.717, 1.165) is 0 Å². The van der Waals surface area contributed by atoms with Crippen LogP contribution in [0.1, 0.15) is 46.0 Å². The quantitative estimate of drug-likeness (QED) is 0.109. The zero-order valence-corrected chi connectivity index (χ0v) is 18.8. The summed E-state index contributed by atoms with van der Waals surface area (Å²) in [7, 11) is 0. The SMILES string of the molecule is CCC(C)C(NC(=O)C(N)CC(N)=O)C(=O)NC(CCC(=O)O)C(=O)NC(CC(=O)O)C(=O)O. The van der Waals surface area contributed by atoms with Crippen LogP contribution in [0, 0.1) is 5.92 Å². The Morgan fingerprint density at radius 2 is 1.35 bits per heavy atom. The van der Waals surface area contributed by atoms with Gasteiger partial charge in [-0.15, -0.1) is 0 Å². The van der Waals surface area contributed by atoms with Crippen LogP contribution in [0.5, 0.6) is 0 Å². The summed E-state index contributed by atoms with van der Waals surface area (Å²) in [5.41, 5.74) is 10.6. The zero-order chi connectivity index (χ0) is 26.6. The molecule has 5 unspecified atom stereocenters. The number of amides is 4. The highest BCUT2D eigenvalue weighted by Gasteiger charge is 2.33. The molecule has 0 aliphatic rings. The average molecular weight is 489 g/mol. The lowest BCUT2D eigenvalue weighted by Gasteiger charge is -2.27. The molecule has 0 aromatic heterocycles.